The number of nitriles is 1. The Morgan fingerprint density at radius 2 is 2.11 bits per heavy atom. The molecule has 0 unspecified atom stereocenters. The van der Waals surface area contributed by atoms with Gasteiger partial charge in [0.25, 0.3) is 0 Å². The zero-order valence-electron chi connectivity index (χ0n) is 9.81. The van der Waals surface area contributed by atoms with Crippen LogP contribution < -0.4 is 0 Å². The van der Waals surface area contributed by atoms with Crippen molar-refractivity contribution >= 4 is 11.0 Å². The first-order valence-electron chi connectivity index (χ1n) is 5.59. The molecule has 0 saturated heterocycles. The van der Waals surface area contributed by atoms with Gasteiger partial charge in [-0.1, -0.05) is 6.07 Å². The van der Waals surface area contributed by atoms with Crippen LogP contribution in [0.4, 0.5) is 0 Å². The topological polar surface area (TPSA) is 65.4 Å². The number of benzene rings is 1. The number of aryl methyl sites for hydroxylation is 1. The number of hydrogen-bond acceptors (Lipinski definition) is 3. The second-order valence-electron chi connectivity index (χ2n) is 4.15. The molecule has 18 heavy (non-hydrogen) atoms. The fraction of sp³-hybridized carbons (Fsp3) is 0.0714. The van der Waals surface area contributed by atoms with E-state index in [1.165, 1.54) is 5.56 Å². The zero-order chi connectivity index (χ0) is 12.5. The second-order valence-corrected chi connectivity index (χ2v) is 4.15. The standard InChI is InChI=1S/C14H10N4/c1-9-2-4-11-13(6-9)18-14(17-11)12-5-3-10(7-15)8-16-12/h2-6,8H,1H3,(H,17,18). The van der Waals surface area contributed by atoms with Gasteiger partial charge in [0.2, 0.25) is 0 Å². The highest BCUT2D eigenvalue weighted by molar-refractivity contribution is 5.79. The van der Waals surface area contributed by atoms with Crippen LogP contribution in [0.1, 0.15) is 11.1 Å². The molecule has 0 spiro atoms. The molecule has 0 fully saturated rings. The maximum absolute atomic E-state index is 8.73. The molecular formula is C14H10N4. The summed E-state index contributed by atoms with van der Waals surface area (Å²) in [7, 11) is 0. The Kier molecular flexibility index (Phi) is 2.31. The summed E-state index contributed by atoms with van der Waals surface area (Å²) in [5.74, 6) is 0.722. The van der Waals surface area contributed by atoms with Crippen molar-refractivity contribution in [1.82, 2.24) is 15.0 Å². The van der Waals surface area contributed by atoms with Crippen molar-refractivity contribution in [2.45, 2.75) is 6.92 Å². The van der Waals surface area contributed by atoms with Crippen molar-refractivity contribution in [2.24, 2.45) is 0 Å². The largest absolute Gasteiger partial charge is 0.337 e. The van der Waals surface area contributed by atoms with Crippen molar-refractivity contribution < 1.29 is 0 Å². The Balaban J connectivity index is 2.10. The van der Waals surface area contributed by atoms with E-state index in [4.69, 9.17) is 5.26 Å². The molecule has 4 nitrogen and oxygen atoms in total. The lowest BCUT2D eigenvalue weighted by Gasteiger charge is -1.94. The van der Waals surface area contributed by atoms with Gasteiger partial charge in [0.05, 0.1) is 16.6 Å². The van der Waals surface area contributed by atoms with Crippen LogP contribution in [0.5, 0.6) is 0 Å². The number of pyridine rings is 1. The van der Waals surface area contributed by atoms with E-state index in [1.807, 2.05) is 25.1 Å². The Bertz CT molecular complexity index is 748. The minimum absolute atomic E-state index is 0.547. The van der Waals surface area contributed by atoms with Gasteiger partial charge in [-0.3, -0.25) is 4.98 Å². The highest BCUT2D eigenvalue weighted by atomic mass is 14.9. The molecule has 86 valence electrons. The maximum Gasteiger partial charge on any atom is 0.157 e. The normalized spacial score (nSPS) is 10.4. The molecule has 0 atom stereocenters. The Hall–Kier alpha value is -2.67. The summed E-state index contributed by atoms with van der Waals surface area (Å²) in [6, 6.07) is 11.6. The molecule has 1 N–H and O–H groups in total. The first-order chi connectivity index (χ1) is 8.76. The number of hydrogen-bond donors (Lipinski definition) is 1. The molecule has 2 aromatic heterocycles. The summed E-state index contributed by atoms with van der Waals surface area (Å²) >= 11 is 0. The average molecular weight is 234 g/mol. The molecule has 0 aliphatic heterocycles. The molecule has 1 aromatic carbocycles. The molecule has 0 radical (unpaired) electrons. The van der Waals surface area contributed by atoms with Gasteiger partial charge in [0, 0.05) is 6.20 Å². The molecule has 2 heterocycles. The maximum atomic E-state index is 8.73. The number of rotatable bonds is 1. The van der Waals surface area contributed by atoms with E-state index >= 15 is 0 Å². The second kappa shape index (κ2) is 3.97. The third kappa shape index (κ3) is 1.72. The highest BCUT2D eigenvalue weighted by Crippen LogP contribution is 2.19. The van der Waals surface area contributed by atoms with Crippen LogP contribution in [-0.4, -0.2) is 15.0 Å². The minimum Gasteiger partial charge on any atom is -0.337 e. The summed E-state index contributed by atoms with van der Waals surface area (Å²) in [5, 5.41) is 8.73. The molecule has 0 aliphatic carbocycles. The van der Waals surface area contributed by atoms with Crippen LogP contribution in [0.15, 0.2) is 36.5 Å². The van der Waals surface area contributed by atoms with E-state index in [9.17, 15) is 0 Å². The van der Waals surface area contributed by atoms with Crippen LogP contribution >= 0.6 is 0 Å². The van der Waals surface area contributed by atoms with Crippen molar-refractivity contribution in [3.05, 3.63) is 47.7 Å². The minimum atomic E-state index is 0.547. The van der Waals surface area contributed by atoms with Crippen molar-refractivity contribution in [1.29, 1.82) is 5.26 Å². The van der Waals surface area contributed by atoms with Crippen LogP contribution in [0, 0.1) is 18.3 Å². The lowest BCUT2D eigenvalue weighted by Crippen LogP contribution is -1.86. The summed E-state index contributed by atoms with van der Waals surface area (Å²) < 4.78 is 0. The Morgan fingerprint density at radius 1 is 1.22 bits per heavy atom. The van der Waals surface area contributed by atoms with E-state index in [1.54, 1.807) is 18.3 Å². The van der Waals surface area contributed by atoms with Crippen molar-refractivity contribution in [3.63, 3.8) is 0 Å². The quantitative estimate of drug-likeness (QED) is 0.704. The third-order valence-electron chi connectivity index (χ3n) is 2.77. The first-order valence-corrected chi connectivity index (χ1v) is 5.59. The molecule has 0 aliphatic rings. The average Bonchev–Trinajstić information content (AvgIpc) is 2.81. The fourth-order valence-corrected chi connectivity index (χ4v) is 1.84. The molecule has 3 aromatic rings. The van der Waals surface area contributed by atoms with Crippen molar-refractivity contribution in [2.75, 3.05) is 0 Å². The van der Waals surface area contributed by atoms with E-state index in [-0.39, 0.29) is 0 Å². The Labute approximate surface area is 104 Å². The van der Waals surface area contributed by atoms with Gasteiger partial charge in [-0.25, -0.2) is 4.98 Å². The van der Waals surface area contributed by atoms with Crippen LogP contribution in [-0.2, 0) is 0 Å². The molecule has 0 saturated carbocycles. The summed E-state index contributed by atoms with van der Waals surface area (Å²) in [6.07, 6.45) is 1.55. The number of fused-ring (bicyclic) bond motifs is 1. The predicted octanol–water partition coefficient (Wildman–Crippen LogP) is 2.80. The van der Waals surface area contributed by atoms with Gasteiger partial charge in [0.1, 0.15) is 11.8 Å². The van der Waals surface area contributed by atoms with Crippen molar-refractivity contribution in [3.8, 4) is 17.6 Å². The van der Waals surface area contributed by atoms with Gasteiger partial charge in [-0.2, -0.15) is 5.26 Å². The SMILES string of the molecule is Cc1ccc2nc(-c3ccc(C#N)cn3)[nH]c2c1. The van der Waals surface area contributed by atoms with Gasteiger partial charge in [-0.15, -0.1) is 0 Å². The summed E-state index contributed by atoms with van der Waals surface area (Å²) in [5.41, 5.74) is 4.39. The molecule has 4 heteroatoms. The van der Waals surface area contributed by atoms with E-state index in [2.05, 4.69) is 21.0 Å². The van der Waals surface area contributed by atoms with E-state index in [0.29, 0.717) is 5.56 Å². The predicted molar refractivity (Wildman–Crippen MR) is 68.8 cm³/mol. The summed E-state index contributed by atoms with van der Waals surface area (Å²) in [6.45, 7) is 2.04. The summed E-state index contributed by atoms with van der Waals surface area (Å²) in [4.78, 5) is 11.9. The van der Waals surface area contributed by atoms with Crippen LogP contribution in [0.2, 0.25) is 0 Å². The number of H-pyrrole nitrogens is 1. The molecule has 0 bridgehead atoms. The van der Waals surface area contributed by atoms with E-state index < -0.39 is 0 Å². The number of nitrogens with one attached hydrogen (secondary N) is 1. The number of aromatic nitrogens is 3. The monoisotopic (exact) mass is 234 g/mol. The third-order valence-corrected chi connectivity index (χ3v) is 2.77. The fourth-order valence-electron chi connectivity index (χ4n) is 1.84. The van der Waals surface area contributed by atoms with E-state index in [0.717, 1.165) is 22.6 Å². The van der Waals surface area contributed by atoms with Gasteiger partial charge < -0.3 is 4.98 Å². The highest BCUT2D eigenvalue weighted by Gasteiger charge is 2.06. The Morgan fingerprint density at radius 3 is 2.83 bits per heavy atom. The van der Waals surface area contributed by atoms with Gasteiger partial charge in [-0.05, 0) is 36.8 Å². The number of imidazole rings is 1. The van der Waals surface area contributed by atoms with Gasteiger partial charge >= 0.3 is 0 Å². The molecule has 0 amide bonds. The zero-order valence-corrected chi connectivity index (χ0v) is 9.81. The van der Waals surface area contributed by atoms with Gasteiger partial charge in [0.15, 0.2) is 5.82 Å². The lowest BCUT2D eigenvalue weighted by atomic mass is 10.2. The lowest BCUT2D eigenvalue weighted by molar-refractivity contribution is 1.23. The smallest absolute Gasteiger partial charge is 0.157 e. The number of aromatic amines is 1. The van der Waals surface area contributed by atoms with Crippen LogP contribution in [0.25, 0.3) is 22.6 Å². The first kappa shape index (κ1) is 10.5. The van der Waals surface area contributed by atoms with Crippen LogP contribution in [0.3, 0.4) is 0 Å². The molecule has 3 rings (SSSR count). The number of nitrogens with zero attached hydrogens (tertiary/aromatic N) is 3. The molecular weight excluding hydrogens is 224 g/mol.